The number of carbonyl (C=O) groups excluding carboxylic acids is 1. The Balaban J connectivity index is 2.88. The number of nitrogen functional groups attached to an aromatic ring is 1. The van der Waals surface area contributed by atoms with E-state index in [4.69, 9.17) is 10.5 Å². The first-order valence-corrected chi connectivity index (χ1v) is 7.45. The molecule has 2 aromatic rings. The molecule has 1 aromatic carbocycles. The van der Waals surface area contributed by atoms with E-state index < -0.39 is 23.3 Å². The molecule has 0 spiro atoms. The van der Waals surface area contributed by atoms with E-state index in [1.807, 2.05) is 0 Å². The first-order chi connectivity index (χ1) is 11.6. The highest BCUT2D eigenvalue weighted by molar-refractivity contribution is 5.85. The molecule has 0 aliphatic heterocycles. The maximum atomic E-state index is 13.5. The van der Waals surface area contributed by atoms with Gasteiger partial charge in [0.25, 0.3) is 5.56 Å². The molecule has 0 unspecified atom stereocenters. The van der Waals surface area contributed by atoms with Crippen LogP contribution in [-0.4, -0.2) is 10.5 Å². The number of nitrogens with two attached hydrogens (primary N) is 1. The second kappa shape index (κ2) is 6.62. The first kappa shape index (κ1) is 18.6. The van der Waals surface area contributed by atoms with E-state index in [1.54, 1.807) is 6.92 Å². The van der Waals surface area contributed by atoms with E-state index in [0.29, 0.717) is 6.07 Å². The molecular formula is C17H17F3N2O3. The molecular weight excluding hydrogens is 337 g/mol. The van der Waals surface area contributed by atoms with Crippen molar-refractivity contribution in [1.29, 1.82) is 0 Å². The van der Waals surface area contributed by atoms with Crippen molar-refractivity contribution in [3.05, 3.63) is 45.9 Å². The molecule has 0 radical (unpaired) electrons. The fourth-order valence-electron chi connectivity index (χ4n) is 2.44. The molecule has 0 aliphatic rings. The van der Waals surface area contributed by atoms with Crippen LogP contribution >= 0.6 is 0 Å². The summed E-state index contributed by atoms with van der Waals surface area (Å²) in [5.74, 6) is -0.781. The number of pyridine rings is 1. The average Bonchev–Trinajstić information content (AvgIpc) is 2.53. The van der Waals surface area contributed by atoms with Gasteiger partial charge in [0.05, 0.1) is 11.3 Å². The number of halogens is 3. The van der Waals surface area contributed by atoms with Crippen molar-refractivity contribution in [3.63, 3.8) is 0 Å². The van der Waals surface area contributed by atoms with Crippen LogP contribution in [-0.2, 0) is 18.0 Å². The minimum atomic E-state index is -4.76. The zero-order valence-corrected chi connectivity index (χ0v) is 13.9. The predicted octanol–water partition coefficient (Wildman–Crippen LogP) is 3.28. The second-order valence-electron chi connectivity index (χ2n) is 5.46. The van der Waals surface area contributed by atoms with Gasteiger partial charge in [-0.25, -0.2) is 0 Å². The highest BCUT2D eigenvalue weighted by Crippen LogP contribution is 2.43. The van der Waals surface area contributed by atoms with E-state index in [1.165, 1.54) is 32.2 Å². The Morgan fingerprint density at radius 1 is 1.32 bits per heavy atom. The number of carbonyl (C=O) groups is 1. The molecule has 0 bridgehead atoms. The number of anilines is 1. The van der Waals surface area contributed by atoms with Gasteiger partial charge in [-0.3, -0.25) is 9.59 Å². The number of rotatable bonds is 3. The number of ether oxygens (including phenoxy) is 1. The zero-order chi connectivity index (χ0) is 18.9. The third-order valence-corrected chi connectivity index (χ3v) is 3.86. The van der Waals surface area contributed by atoms with Crippen LogP contribution < -0.4 is 16.0 Å². The van der Waals surface area contributed by atoms with Gasteiger partial charge in [0.15, 0.2) is 5.75 Å². The minimum Gasteiger partial charge on any atom is -0.424 e. The van der Waals surface area contributed by atoms with E-state index in [9.17, 15) is 22.8 Å². The average molecular weight is 354 g/mol. The fraction of sp³-hybridized carbons (Fsp3) is 0.294. The van der Waals surface area contributed by atoms with Crippen molar-refractivity contribution in [3.8, 4) is 16.9 Å². The van der Waals surface area contributed by atoms with Crippen LogP contribution in [0.1, 0.15) is 24.6 Å². The Kier molecular flexibility index (Phi) is 4.92. The molecule has 8 heteroatoms. The van der Waals surface area contributed by atoms with Crippen molar-refractivity contribution in [2.45, 2.75) is 26.4 Å². The topological polar surface area (TPSA) is 74.3 Å². The molecule has 0 amide bonds. The van der Waals surface area contributed by atoms with E-state index in [0.717, 1.165) is 4.57 Å². The quantitative estimate of drug-likeness (QED) is 0.521. The summed E-state index contributed by atoms with van der Waals surface area (Å²) in [6, 6.07) is 4.78. The summed E-state index contributed by atoms with van der Waals surface area (Å²) in [4.78, 5) is 23.5. The summed E-state index contributed by atoms with van der Waals surface area (Å²) in [7, 11) is 1.37. The van der Waals surface area contributed by atoms with Crippen LogP contribution in [0.5, 0.6) is 5.75 Å². The number of hydrogen-bond donors (Lipinski definition) is 1. The van der Waals surface area contributed by atoms with Crippen molar-refractivity contribution in [2.75, 3.05) is 5.73 Å². The molecule has 0 saturated heterocycles. The summed E-state index contributed by atoms with van der Waals surface area (Å²) < 4.78 is 46.7. The third-order valence-electron chi connectivity index (χ3n) is 3.86. The Morgan fingerprint density at radius 2 is 1.96 bits per heavy atom. The number of hydrogen-bond acceptors (Lipinski definition) is 4. The summed E-state index contributed by atoms with van der Waals surface area (Å²) in [6.07, 6.45) is -4.73. The van der Waals surface area contributed by atoms with Gasteiger partial charge in [0.2, 0.25) is 0 Å². The van der Waals surface area contributed by atoms with Gasteiger partial charge >= 0.3 is 12.1 Å². The number of benzene rings is 1. The van der Waals surface area contributed by atoms with Gasteiger partial charge < -0.3 is 15.0 Å². The largest absolute Gasteiger partial charge is 0.424 e. The number of esters is 1. The lowest BCUT2D eigenvalue weighted by atomic mass is 9.96. The Morgan fingerprint density at radius 3 is 2.52 bits per heavy atom. The molecule has 0 fully saturated rings. The van der Waals surface area contributed by atoms with Crippen LogP contribution in [0.2, 0.25) is 0 Å². The number of alkyl halides is 3. The standard InChI is InChI=1S/C17H17F3N2O3/c1-4-14(24)25-16-10(6-5-7-12(16)21)15-9(2)22(3)13(23)8-11(15)17(18,19)20/h5-8H,4,21H2,1-3H3. The zero-order valence-electron chi connectivity index (χ0n) is 13.9. The first-order valence-electron chi connectivity index (χ1n) is 7.45. The fourth-order valence-corrected chi connectivity index (χ4v) is 2.44. The van der Waals surface area contributed by atoms with Crippen LogP contribution in [0.4, 0.5) is 18.9 Å². The highest BCUT2D eigenvalue weighted by Gasteiger charge is 2.36. The minimum absolute atomic E-state index is 0.00206. The number of para-hydroxylation sites is 1. The number of aromatic nitrogens is 1. The maximum Gasteiger partial charge on any atom is 0.417 e. The lowest BCUT2D eigenvalue weighted by molar-refractivity contribution is -0.137. The normalized spacial score (nSPS) is 11.4. The van der Waals surface area contributed by atoms with E-state index >= 15 is 0 Å². The Hall–Kier alpha value is -2.77. The molecule has 2 N–H and O–H groups in total. The Labute approximate surface area is 141 Å². The van der Waals surface area contributed by atoms with Crippen LogP contribution in [0.15, 0.2) is 29.1 Å². The molecule has 0 aliphatic carbocycles. The molecule has 0 atom stereocenters. The molecule has 5 nitrogen and oxygen atoms in total. The SMILES string of the molecule is CCC(=O)Oc1c(N)cccc1-c1c(C(F)(F)F)cc(=O)n(C)c1C. The van der Waals surface area contributed by atoms with Gasteiger partial charge in [-0.2, -0.15) is 13.2 Å². The van der Waals surface area contributed by atoms with E-state index in [2.05, 4.69) is 0 Å². The van der Waals surface area contributed by atoms with Crippen LogP contribution in [0.3, 0.4) is 0 Å². The Bertz CT molecular complexity index is 886. The summed E-state index contributed by atoms with van der Waals surface area (Å²) >= 11 is 0. The number of nitrogens with zero attached hydrogens (tertiary/aromatic N) is 1. The van der Waals surface area contributed by atoms with Crippen molar-refractivity contribution in [1.82, 2.24) is 4.57 Å². The smallest absolute Gasteiger partial charge is 0.417 e. The van der Waals surface area contributed by atoms with Crippen molar-refractivity contribution < 1.29 is 22.7 Å². The van der Waals surface area contributed by atoms with E-state index in [-0.39, 0.29) is 34.7 Å². The molecule has 2 rings (SSSR count). The van der Waals surface area contributed by atoms with Crippen molar-refractivity contribution in [2.24, 2.45) is 7.05 Å². The van der Waals surface area contributed by atoms with Gasteiger partial charge in [-0.1, -0.05) is 19.1 Å². The van der Waals surface area contributed by atoms with Crippen molar-refractivity contribution >= 4 is 11.7 Å². The van der Waals surface area contributed by atoms with Crippen LogP contribution in [0, 0.1) is 6.92 Å². The third kappa shape index (κ3) is 3.52. The molecule has 1 aromatic heterocycles. The molecule has 25 heavy (non-hydrogen) atoms. The second-order valence-corrected chi connectivity index (χ2v) is 5.46. The molecule has 1 heterocycles. The van der Waals surface area contributed by atoms with Gasteiger partial charge in [0.1, 0.15) is 0 Å². The lowest BCUT2D eigenvalue weighted by Crippen LogP contribution is -2.24. The summed E-state index contributed by atoms with van der Waals surface area (Å²) in [5, 5.41) is 0. The summed E-state index contributed by atoms with van der Waals surface area (Å²) in [5.41, 5.74) is 3.78. The highest BCUT2D eigenvalue weighted by atomic mass is 19.4. The van der Waals surface area contributed by atoms with Crippen LogP contribution in [0.25, 0.3) is 11.1 Å². The molecule has 134 valence electrons. The summed E-state index contributed by atoms with van der Waals surface area (Å²) in [6.45, 7) is 2.94. The van der Waals surface area contributed by atoms with Gasteiger partial charge in [-0.05, 0) is 13.0 Å². The lowest BCUT2D eigenvalue weighted by Gasteiger charge is -2.20. The molecule has 0 saturated carbocycles. The predicted molar refractivity (Wildman–Crippen MR) is 87.2 cm³/mol. The van der Waals surface area contributed by atoms with Gasteiger partial charge in [-0.15, -0.1) is 0 Å². The monoisotopic (exact) mass is 354 g/mol. The maximum absolute atomic E-state index is 13.5. The van der Waals surface area contributed by atoms with Gasteiger partial charge in [0, 0.05) is 36.4 Å².